The Labute approximate surface area is 91.4 Å². The number of urea groups is 1. The van der Waals surface area contributed by atoms with Gasteiger partial charge in [-0.15, -0.1) is 0 Å². The number of nitrogens with one attached hydrogen (secondary N) is 2. The van der Waals surface area contributed by atoms with Crippen LogP contribution in [0.4, 0.5) is 4.79 Å². The van der Waals surface area contributed by atoms with Crippen LogP contribution in [0.15, 0.2) is 0 Å². The maximum absolute atomic E-state index is 11.8. The van der Waals surface area contributed by atoms with Gasteiger partial charge < -0.3 is 10.4 Å². The third kappa shape index (κ3) is 0.989. The number of imide groups is 1. The molecule has 6 nitrogen and oxygen atoms in total. The maximum Gasteiger partial charge on any atom is 0.322 e. The molecule has 0 radical (unpaired) electrons. The topological polar surface area (TPSA) is 95.5 Å². The highest BCUT2D eigenvalue weighted by atomic mass is 16.4. The molecule has 0 unspecified atom stereocenters. The molecule has 86 valence electrons. The zero-order chi connectivity index (χ0) is 11.5. The molecule has 3 fully saturated rings. The number of aliphatic carboxylic acids is 1. The van der Waals surface area contributed by atoms with Crippen molar-refractivity contribution in [3.05, 3.63) is 0 Å². The Morgan fingerprint density at radius 3 is 2.62 bits per heavy atom. The Morgan fingerprint density at radius 1 is 1.38 bits per heavy atom. The predicted octanol–water partition coefficient (Wildman–Crippen LogP) is -0.305. The van der Waals surface area contributed by atoms with Gasteiger partial charge in [-0.25, -0.2) is 4.79 Å². The minimum atomic E-state index is -0.941. The number of fused-ring (bicyclic) bond motifs is 3. The predicted molar refractivity (Wildman–Crippen MR) is 51.4 cm³/mol. The summed E-state index contributed by atoms with van der Waals surface area (Å²) in [7, 11) is 0. The third-order valence-corrected chi connectivity index (χ3v) is 4.19. The second-order valence-corrected chi connectivity index (χ2v) is 4.97. The van der Waals surface area contributed by atoms with Crippen molar-refractivity contribution in [2.75, 3.05) is 0 Å². The van der Waals surface area contributed by atoms with Crippen molar-refractivity contribution in [1.82, 2.24) is 10.6 Å². The molecule has 1 spiro atoms. The van der Waals surface area contributed by atoms with E-state index in [-0.39, 0.29) is 17.7 Å². The van der Waals surface area contributed by atoms with Gasteiger partial charge in [-0.1, -0.05) is 0 Å². The normalized spacial score (nSPS) is 44.9. The fraction of sp³-hybridized carbons (Fsp3) is 0.700. The van der Waals surface area contributed by atoms with Crippen LogP contribution in [0.2, 0.25) is 0 Å². The van der Waals surface area contributed by atoms with Gasteiger partial charge in [0.05, 0.1) is 5.92 Å². The van der Waals surface area contributed by atoms with Gasteiger partial charge in [-0.3, -0.25) is 14.9 Å². The standard InChI is InChI=1S/C10H12N2O4/c13-7(14)5-1-4-2-6(5)10(3-4)8(15)11-9(16)12-10/h4-6H,1-3H2,(H,13,14)(H2,11,12,15,16)/t4-,5+,6+,10+/m1/s1. The second kappa shape index (κ2) is 2.75. The number of hydrogen-bond donors (Lipinski definition) is 3. The zero-order valence-corrected chi connectivity index (χ0v) is 8.53. The molecule has 1 aliphatic heterocycles. The molecule has 3 N–H and O–H groups in total. The van der Waals surface area contributed by atoms with Crippen LogP contribution in [0.5, 0.6) is 0 Å². The van der Waals surface area contributed by atoms with Crippen molar-refractivity contribution in [1.29, 1.82) is 0 Å². The van der Waals surface area contributed by atoms with E-state index in [0.717, 1.165) is 6.42 Å². The van der Waals surface area contributed by atoms with E-state index in [1.54, 1.807) is 0 Å². The average molecular weight is 224 g/mol. The van der Waals surface area contributed by atoms with Crippen molar-refractivity contribution < 1.29 is 19.5 Å². The van der Waals surface area contributed by atoms with E-state index >= 15 is 0 Å². The Bertz CT molecular complexity index is 408. The van der Waals surface area contributed by atoms with Crippen molar-refractivity contribution in [2.45, 2.75) is 24.8 Å². The van der Waals surface area contributed by atoms with Gasteiger partial charge >= 0.3 is 12.0 Å². The molecule has 2 bridgehead atoms. The summed E-state index contributed by atoms with van der Waals surface area (Å²) in [5.41, 5.74) is -0.941. The smallest absolute Gasteiger partial charge is 0.322 e. The van der Waals surface area contributed by atoms with Crippen molar-refractivity contribution in [3.8, 4) is 0 Å². The Morgan fingerprint density at radius 2 is 2.12 bits per heavy atom. The van der Waals surface area contributed by atoms with Gasteiger partial charge in [-0.05, 0) is 25.2 Å². The minimum absolute atomic E-state index is 0.246. The highest BCUT2D eigenvalue weighted by Crippen LogP contribution is 2.54. The van der Waals surface area contributed by atoms with Crippen LogP contribution in [0.25, 0.3) is 0 Å². The third-order valence-electron chi connectivity index (χ3n) is 4.19. The largest absolute Gasteiger partial charge is 0.481 e. The van der Waals surface area contributed by atoms with Gasteiger partial charge in [0.1, 0.15) is 5.54 Å². The molecule has 1 heterocycles. The number of rotatable bonds is 1. The summed E-state index contributed by atoms with van der Waals surface area (Å²) >= 11 is 0. The van der Waals surface area contributed by atoms with Crippen molar-refractivity contribution in [2.24, 2.45) is 17.8 Å². The molecule has 0 aromatic heterocycles. The molecule has 3 aliphatic rings. The van der Waals surface area contributed by atoms with E-state index in [9.17, 15) is 14.4 Å². The van der Waals surface area contributed by atoms with Gasteiger partial charge in [0, 0.05) is 5.92 Å². The molecule has 6 heteroatoms. The van der Waals surface area contributed by atoms with Gasteiger partial charge in [0.15, 0.2) is 0 Å². The van der Waals surface area contributed by atoms with Gasteiger partial charge in [-0.2, -0.15) is 0 Å². The molecule has 3 amide bonds. The fourth-order valence-corrected chi connectivity index (χ4v) is 3.64. The number of hydrogen-bond acceptors (Lipinski definition) is 3. The second-order valence-electron chi connectivity index (χ2n) is 4.97. The average Bonchev–Trinajstić information content (AvgIpc) is 2.80. The van der Waals surface area contributed by atoms with Crippen molar-refractivity contribution in [3.63, 3.8) is 0 Å². The Hall–Kier alpha value is -1.59. The maximum atomic E-state index is 11.8. The van der Waals surface area contributed by atoms with E-state index in [2.05, 4.69) is 10.6 Å². The molecule has 0 aromatic carbocycles. The lowest BCUT2D eigenvalue weighted by Crippen LogP contribution is -2.54. The SMILES string of the molecule is O=C1NC(=O)[C@@]2(C[C@@H]3C[C@H](C(=O)O)[C@@H]2C3)N1. The lowest BCUT2D eigenvalue weighted by molar-refractivity contribution is -0.145. The number of carboxylic acids is 1. The molecule has 16 heavy (non-hydrogen) atoms. The highest BCUT2D eigenvalue weighted by molar-refractivity contribution is 6.07. The summed E-state index contributed by atoms with van der Waals surface area (Å²) in [5, 5.41) is 13.9. The molecule has 4 atom stereocenters. The summed E-state index contributed by atoms with van der Waals surface area (Å²) in [4.78, 5) is 34.0. The van der Waals surface area contributed by atoms with E-state index in [1.807, 2.05) is 0 Å². The molecular formula is C10H12N2O4. The summed E-state index contributed by atoms with van der Waals surface area (Å²) in [6.45, 7) is 0. The lowest BCUT2D eigenvalue weighted by Gasteiger charge is -2.33. The van der Waals surface area contributed by atoms with Crippen LogP contribution in [0.3, 0.4) is 0 Å². The first-order valence-electron chi connectivity index (χ1n) is 5.39. The van der Waals surface area contributed by atoms with E-state index in [1.165, 1.54) is 0 Å². The van der Waals surface area contributed by atoms with E-state index in [4.69, 9.17) is 5.11 Å². The van der Waals surface area contributed by atoms with Crippen LogP contribution in [-0.4, -0.2) is 28.6 Å². The van der Waals surface area contributed by atoms with E-state index in [0.29, 0.717) is 12.8 Å². The first-order valence-corrected chi connectivity index (χ1v) is 5.39. The quantitative estimate of drug-likeness (QED) is 0.532. The fourth-order valence-electron chi connectivity index (χ4n) is 3.64. The van der Waals surface area contributed by atoms with Gasteiger partial charge in [0.2, 0.25) is 0 Å². The van der Waals surface area contributed by atoms with Crippen LogP contribution in [-0.2, 0) is 9.59 Å². The number of carboxylic acid groups (broad SMARTS) is 1. The number of amides is 3. The van der Waals surface area contributed by atoms with Crippen LogP contribution >= 0.6 is 0 Å². The van der Waals surface area contributed by atoms with Crippen molar-refractivity contribution >= 4 is 17.9 Å². The Kier molecular flexibility index (Phi) is 1.65. The molecule has 3 rings (SSSR count). The van der Waals surface area contributed by atoms with E-state index < -0.39 is 23.5 Å². The summed E-state index contributed by atoms with van der Waals surface area (Å²) < 4.78 is 0. The monoisotopic (exact) mass is 224 g/mol. The Balaban J connectivity index is 1.96. The molecule has 2 saturated carbocycles. The number of carbonyl (C=O) groups excluding carboxylic acids is 2. The first kappa shape index (κ1) is 9.62. The van der Waals surface area contributed by atoms with Crippen LogP contribution < -0.4 is 10.6 Å². The minimum Gasteiger partial charge on any atom is -0.481 e. The molecule has 2 aliphatic carbocycles. The lowest BCUT2D eigenvalue weighted by atomic mass is 9.74. The first-order chi connectivity index (χ1) is 7.53. The highest BCUT2D eigenvalue weighted by Gasteiger charge is 2.64. The van der Waals surface area contributed by atoms with Crippen LogP contribution in [0, 0.1) is 17.8 Å². The zero-order valence-electron chi connectivity index (χ0n) is 8.53. The van der Waals surface area contributed by atoms with Crippen LogP contribution in [0.1, 0.15) is 19.3 Å². The summed E-state index contributed by atoms with van der Waals surface area (Å²) in [5.74, 6) is -1.71. The summed E-state index contributed by atoms with van der Waals surface area (Å²) in [6, 6.07) is -0.498. The molecule has 1 saturated heterocycles. The summed E-state index contributed by atoms with van der Waals surface area (Å²) in [6.07, 6.45) is 1.94. The van der Waals surface area contributed by atoms with Gasteiger partial charge in [0.25, 0.3) is 5.91 Å². The molecular weight excluding hydrogens is 212 g/mol. The molecule has 0 aromatic rings. The number of carbonyl (C=O) groups is 3.